The summed E-state index contributed by atoms with van der Waals surface area (Å²) in [5.41, 5.74) is 0.741. The summed E-state index contributed by atoms with van der Waals surface area (Å²) in [5.74, 6) is 0. The second kappa shape index (κ2) is 7.19. The third-order valence-electron chi connectivity index (χ3n) is 6.45. The summed E-state index contributed by atoms with van der Waals surface area (Å²) in [6.45, 7) is 16.2. The van der Waals surface area contributed by atoms with Gasteiger partial charge in [-0.15, -0.1) is 0 Å². The molecular weight excluding hydrogens is 270 g/mol. The maximum atomic E-state index is 2.79. The fraction of sp³-hybridized carbons (Fsp3) is 1.00. The van der Waals surface area contributed by atoms with Gasteiger partial charge in [0.15, 0.2) is 0 Å². The Bertz CT molecular complexity index is 335. The van der Waals surface area contributed by atoms with Gasteiger partial charge in [-0.2, -0.15) is 0 Å². The van der Waals surface area contributed by atoms with E-state index in [1.54, 1.807) is 0 Å². The highest BCUT2D eigenvalue weighted by Crippen LogP contribution is 2.50. The summed E-state index contributed by atoms with van der Waals surface area (Å²) in [7, 11) is 0. The summed E-state index contributed by atoms with van der Waals surface area (Å²) in [6.07, 6.45) is 8.64. The first-order chi connectivity index (χ1) is 10.6. The third kappa shape index (κ3) is 4.04. The standard InChI is InChI=1S/C19H37N3/c1-4-7-19(8-9-19)16-20-10-5-18(6-11-20)22-14-12-21(13-15-22)17(2)3/h17-18H,4-16H2,1-3H3. The van der Waals surface area contributed by atoms with Gasteiger partial charge in [-0.3, -0.25) is 9.80 Å². The van der Waals surface area contributed by atoms with E-state index in [-0.39, 0.29) is 0 Å². The molecule has 0 aromatic heterocycles. The van der Waals surface area contributed by atoms with Crippen molar-refractivity contribution in [2.24, 2.45) is 5.41 Å². The summed E-state index contributed by atoms with van der Waals surface area (Å²) in [5, 5.41) is 0. The second-order valence-corrected chi connectivity index (χ2v) is 8.42. The molecule has 0 aromatic carbocycles. The molecule has 1 saturated carbocycles. The number of rotatable bonds is 6. The molecule has 0 bridgehead atoms. The van der Waals surface area contributed by atoms with Crippen molar-refractivity contribution in [3.05, 3.63) is 0 Å². The van der Waals surface area contributed by atoms with Crippen LogP contribution >= 0.6 is 0 Å². The molecule has 2 aliphatic heterocycles. The molecule has 0 unspecified atom stereocenters. The van der Waals surface area contributed by atoms with E-state index in [1.165, 1.54) is 84.3 Å². The summed E-state index contributed by atoms with van der Waals surface area (Å²) >= 11 is 0. The Kier molecular flexibility index (Phi) is 5.47. The highest BCUT2D eigenvalue weighted by Gasteiger charge is 2.43. The SMILES string of the molecule is CCCC1(CN2CCC(N3CCN(C(C)C)CC3)CC2)CC1. The molecule has 1 aliphatic carbocycles. The van der Waals surface area contributed by atoms with Crippen LogP contribution in [0.4, 0.5) is 0 Å². The van der Waals surface area contributed by atoms with Crippen molar-refractivity contribution in [3.8, 4) is 0 Å². The van der Waals surface area contributed by atoms with E-state index in [9.17, 15) is 0 Å². The van der Waals surface area contributed by atoms with Crippen molar-refractivity contribution in [2.75, 3.05) is 45.8 Å². The van der Waals surface area contributed by atoms with Crippen LogP contribution in [0.3, 0.4) is 0 Å². The molecule has 0 radical (unpaired) electrons. The van der Waals surface area contributed by atoms with Gasteiger partial charge >= 0.3 is 0 Å². The fourth-order valence-electron chi connectivity index (χ4n) is 4.73. The Morgan fingerprint density at radius 1 is 0.955 bits per heavy atom. The molecule has 3 aliphatic rings. The lowest BCUT2D eigenvalue weighted by Crippen LogP contribution is -2.54. The van der Waals surface area contributed by atoms with Crippen LogP contribution in [0.25, 0.3) is 0 Å². The Balaban J connectivity index is 1.39. The maximum Gasteiger partial charge on any atom is 0.0121 e. The van der Waals surface area contributed by atoms with Crippen LogP contribution in [0.15, 0.2) is 0 Å². The molecule has 0 aromatic rings. The lowest BCUT2D eigenvalue weighted by atomic mass is 9.96. The van der Waals surface area contributed by atoms with E-state index in [4.69, 9.17) is 0 Å². The minimum atomic E-state index is 0.720. The average molecular weight is 308 g/mol. The Morgan fingerprint density at radius 3 is 2.09 bits per heavy atom. The second-order valence-electron chi connectivity index (χ2n) is 8.42. The van der Waals surface area contributed by atoms with Gasteiger partial charge in [-0.25, -0.2) is 0 Å². The largest absolute Gasteiger partial charge is 0.303 e. The van der Waals surface area contributed by atoms with E-state index < -0.39 is 0 Å². The molecule has 0 atom stereocenters. The van der Waals surface area contributed by atoms with Crippen molar-refractivity contribution >= 4 is 0 Å². The van der Waals surface area contributed by atoms with Gasteiger partial charge in [0.2, 0.25) is 0 Å². The topological polar surface area (TPSA) is 9.72 Å². The van der Waals surface area contributed by atoms with Crippen LogP contribution in [-0.4, -0.2) is 72.6 Å². The number of hydrogen-bond acceptors (Lipinski definition) is 3. The highest BCUT2D eigenvalue weighted by molar-refractivity contribution is 4.96. The van der Waals surface area contributed by atoms with Gasteiger partial charge in [0.1, 0.15) is 0 Å². The first kappa shape index (κ1) is 16.7. The first-order valence-electron chi connectivity index (χ1n) is 9.82. The molecule has 2 saturated heterocycles. The Morgan fingerprint density at radius 2 is 1.59 bits per heavy atom. The highest BCUT2D eigenvalue weighted by atomic mass is 15.3. The summed E-state index contributed by atoms with van der Waals surface area (Å²) in [6, 6.07) is 1.59. The van der Waals surface area contributed by atoms with E-state index in [1.807, 2.05) is 0 Å². The van der Waals surface area contributed by atoms with E-state index in [2.05, 4.69) is 35.5 Å². The predicted octanol–water partition coefficient (Wildman–Crippen LogP) is 3.06. The molecule has 3 rings (SSSR count). The molecule has 3 nitrogen and oxygen atoms in total. The molecule has 3 heteroatoms. The van der Waals surface area contributed by atoms with Gasteiger partial charge in [0, 0.05) is 44.8 Å². The smallest absolute Gasteiger partial charge is 0.0121 e. The average Bonchev–Trinajstić information content (AvgIpc) is 3.28. The van der Waals surface area contributed by atoms with Gasteiger partial charge in [-0.1, -0.05) is 13.3 Å². The van der Waals surface area contributed by atoms with Crippen LogP contribution in [0.2, 0.25) is 0 Å². The molecule has 0 N–H and O–H groups in total. The summed E-state index contributed by atoms with van der Waals surface area (Å²) in [4.78, 5) is 8.20. The van der Waals surface area contributed by atoms with E-state index in [0.29, 0.717) is 0 Å². The molecule has 128 valence electrons. The van der Waals surface area contributed by atoms with Crippen molar-refractivity contribution < 1.29 is 0 Å². The van der Waals surface area contributed by atoms with Gasteiger partial charge < -0.3 is 4.90 Å². The zero-order chi connectivity index (χ0) is 15.6. The van der Waals surface area contributed by atoms with Gasteiger partial charge in [-0.05, 0) is 64.5 Å². The zero-order valence-corrected chi connectivity index (χ0v) is 15.2. The van der Waals surface area contributed by atoms with Crippen LogP contribution < -0.4 is 0 Å². The number of likely N-dealkylation sites (tertiary alicyclic amines) is 1. The lowest BCUT2D eigenvalue weighted by Gasteiger charge is -2.44. The maximum absolute atomic E-state index is 2.79. The quantitative estimate of drug-likeness (QED) is 0.747. The Labute approximate surface area is 138 Å². The Hall–Kier alpha value is -0.120. The molecule has 0 spiro atoms. The lowest BCUT2D eigenvalue weighted by molar-refractivity contribution is 0.0441. The monoisotopic (exact) mass is 307 g/mol. The van der Waals surface area contributed by atoms with Crippen molar-refractivity contribution in [1.29, 1.82) is 0 Å². The molecule has 2 heterocycles. The first-order valence-corrected chi connectivity index (χ1v) is 9.82. The molecule has 22 heavy (non-hydrogen) atoms. The number of piperazine rings is 1. The predicted molar refractivity (Wildman–Crippen MR) is 94.3 cm³/mol. The number of hydrogen-bond donors (Lipinski definition) is 0. The molecular formula is C19H37N3. The van der Waals surface area contributed by atoms with Crippen LogP contribution in [0, 0.1) is 5.41 Å². The number of piperidine rings is 1. The number of nitrogens with zero attached hydrogens (tertiary/aromatic N) is 3. The van der Waals surface area contributed by atoms with Gasteiger partial charge in [0.05, 0.1) is 0 Å². The molecule has 0 amide bonds. The van der Waals surface area contributed by atoms with Crippen molar-refractivity contribution in [3.63, 3.8) is 0 Å². The fourth-order valence-corrected chi connectivity index (χ4v) is 4.73. The van der Waals surface area contributed by atoms with Crippen LogP contribution in [-0.2, 0) is 0 Å². The third-order valence-corrected chi connectivity index (χ3v) is 6.45. The van der Waals surface area contributed by atoms with Crippen LogP contribution in [0.1, 0.15) is 59.3 Å². The zero-order valence-electron chi connectivity index (χ0n) is 15.2. The molecule has 3 fully saturated rings. The van der Waals surface area contributed by atoms with Gasteiger partial charge in [0.25, 0.3) is 0 Å². The van der Waals surface area contributed by atoms with E-state index >= 15 is 0 Å². The minimum absolute atomic E-state index is 0.720. The normalized spacial score (nSPS) is 28.4. The van der Waals surface area contributed by atoms with Crippen LogP contribution in [0.5, 0.6) is 0 Å². The minimum Gasteiger partial charge on any atom is -0.303 e. The summed E-state index contributed by atoms with van der Waals surface area (Å²) < 4.78 is 0. The van der Waals surface area contributed by atoms with Crippen molar-refractivity contribution in [1.82, 2.24) is 14.7 Å². The van der Waals surface area contributed by atoms with E-state index in [0.717, 1.165) is 17.5 Å². The van der Waals surface area contributed by atoms with Crippen molar-refractivity contribution in [2.45, 2.75) is 71.4 Å².